The van der Waals surface area contributed by atoms with Crippen LogP contribution in [0.1, 0.15) is 45.0 Å². The lowest BCUT2D eigenvalue weighted by atomic mass is 10.0. The Morgan fingerprint density at radius 2 is 1.61 bits per heavy atom. The van der Waals surface area contributed by atoms with Crippen LogP contribution in [0.5, 0.6) is 5.75 Å². The third-order valence-electron chi connectivity index (χ3n) is 4.93. The zero-order valence-electron chi connectivity index (χ0n) is 12.0. The van der Waals surface area contributed by atoms with Gasteiger partial charge in [-0.3, -0.25) is 0 Å². The van der Waals surface area contributed by atoms with E-state index in [0.717, 1.165) is 12.4 Å². The van der Waals surface area contributed by atoms with Crippen molar-refractivity contribution >= 4 is 15.9 Å². The number of alkyl halides is 1. The molecule has 1 aliphatic rings. The van der Waals surface area contributed by atoms with Gasteiger partial charge in [-0.05, 0) is 41.4 Å². The second-order valence-corrected chi connectivity index (χ2v) is 7.31. The average molecular weight is 311 g/mol. The van der Waals surface area contributed by atoms with Gasteiger partial charge in [0.2, 0.25) is 0 Å². The summed E-state index contributed by atoms with van der Waals surface area (Å²) in [5.41, 5.74) is 2.15. The van der Waals surface area contributed by atoms with Gasteiger partial charge >= 0.3 is 0 Å². The lowest BCUT2D eigenvalue weighted by Crippen LogP contribution is -1.99. The van der Waals surface area contributed by atoms with Crippen molar-refractivity contribution in [1.82, 2.24) is 0 Å². The Morgan fingerprint density at radius 3 is 2.00 bits per heavy atom. The maximum Gasteiger partial charge on any atom is 0.119 e. The molecule has 1 fully saturated rings. The van der Waals surface area contributed by atoms with E-state index in [9.17, 15) is 0 Å². The van der Waals surface area contributed by atoms with Gasteiger partial charge in [-0.25, -0.2) is 0 Å². The molecule has 2 heteroatoms. The molecule has 1 aromatic carbocycles. The van der Waals surface area contributed by atoms with Crippen LogP contribution in [0, 0.1) is 16.7 Å². The monoisotopic (exact) mass is 310 g/mol. The van der Waals surface area contributed by atoms with Gasteiger partial charge in [-0.15, -0.1) is 0 Å². The molecule has 0 radical (unpaired) electrons. The summed E-state index contributed by atoms with van der Waals surface area (Å²) in [6.45, 7) is 12.2. The van der Waals surface area contributed by atoms with Gasteiger partial charge < -0.3 is 4.74 Å². The highest BCUT2D eigenvalue weighted by Crippen LogP contribution is 2.73. The fraction of sp³-hybridized carbons (Fsp3) is 0.625. The number of hydrogen-bond donors (Lipinski definition) is 0. The van der Waals surface area contributed by atoms with E-state index in [1.165, 1.54) is 5.56 Å². The maximum atomic E-state index is 5.48. The molecule has 0 saturated heterocycles. The molecular weight excluding hydrogens is 288 g/mol. The van der Waals surface area contributed by atoms with Gasteiger partial charge in [0.15, 0.2) is 0 Å². The molecular formula is C16H23BrO. The summed E-state index contributed by atoms with van der Waals surface area (Å²) < 4.78 is 5.48. The SMILES string of the molecule is CCOc1ccc(C(Br)C2C(C)(C)C2(C)C)cc1. The largest absolute Gasteiger partial charge is 0.494 e. The Kier molecular flexibility index (Phi) is 3.52. The van der Waals surface area contributed by atoms with Gasteiger partial charge in [-0.2, -0.15) is 0 Å². The number of benzene rings is 1. The summed E-state index contributed by atoms with van der Waals surface area (Å²) in [4.78, 5) is 0.429. The Morgan fingerprint density at radius 1 is 1.11 bits per heavy atom. The van der Waals surface area contributed by atoms with Gasteiger partial charge in [0.25, 0.3) is 0 Å². The van der Waals surface area contributed by atoms with Crippen LogP contribution >= 0.6 is 15.9 Å². The van der Waals surface area contributed by atoms with Gasteiger partial charge in [0, 0.05) is 4.83 Å². The highest BCUT2D eigenvalue weighted by Gasteiger charge is 2.66. The summed E-state index contributed by atoms with van der Waals surface area (Å²) >= 11 is 3.89. The molecule has 1 aromatic rings. The van der Waals surface area contributed by atoms with Crippen molar-refractivity contribution in [1.29, 1.82) is 0 Å². The Labute approximate surface area is 119 Å². The quantitative estimate of drug-likeness (QED) is 0.694. The van der Waals surface area contributed by atoms with Crippen molar-refractivity contribution in [2.45, 2.75) is 39.4 Å². The molecule has 0 N–H and O–H groups in total. The summed E-state index contributed by atoms with van der Waals surface area (Å²) in [6.07, 6.45) is 0. The minimum Gasteiger partial charge on any atom is -0.494 e. The van der Waals surface area contributed by atoms with E-state index in [1.54, 1.807) is 0 Å². The molecule has 100 valence electrons. The van der Waals surface area contributed by atoms with Crippen molar-refractivity contribution in [3.63, 3.8) is 0 Å². The molecule has 1 saturated carbocycles. The molecule has 0 aliphatic heterocycles. The molecule has 1 aliphatic carbocycles. The van der Waals surface area contributed by atoms with Crippen LogP contribution in [-0.2, 0) is 0 Å². The first-order chi connectivity index (χ1) is 8.32. The molecule has 2 rings (SSSR count). The maximum absolute atomic E-state index is 5.48. The fourth-order valence-corrected chi connectivity index (χ4v) is 4.71. The number of halogens is 1. The van der Waals surface area contributed by atoms with Crippen molar-refractivity contribution < 1.29 is 4.74 Å². The Hall–Kier alpha value is -0.500. The molecule has 0 amide bonds. The highest BCUT2D eigenvalue weighted by molar-refractivity contribution is 9.09. The van der Waals surface area contributed by atoms with E-state index < -0.39 is 0 Å². The first-order valence-corrected chi connectivity index (χ1v) is 7.60. The summed E-state index contributed by atoms with van der Waals surface area (Å²) in [5, 5.41) is 0. The minimum absolute atomic E-state index is 0.403. The summed E-state index contributed by atoms with van der Waals surface area (Å²) in [5.74, 6) is 1.64. The molecule has 1 nitrogen and oxygen atoms in total. The van der Waals surface area contributed by atoms with Crippen LogP contribution in [0.15, 0.2) is 24.3 Å². The Bertz CT molecular complexity index is 405. The second-order valence-electron chi connectivity index (χ2n) is 6.32. The molecule has 0 bridgehead atoms. The van der Waals surface area contributed by atoms with E-state index in [4.69, 9.17) is 4.74 Å². The smallest absolute Gasteiger partial charge is 0.119 e. The van der Waals surface area contributed by atoms with Crippen LogP contribution in [-0.4, -0.2) is 6.61 Å². The lowest BCUT2D eigenvalue weighted by molar-refractivity contribution is 0.340. The molecule has 0 heterocycles. The summed E-state index contributed by atoms with van der Waals surface area (Å²) in [6, 6.07) is 8.48. The zero-order chi connectivity index (χ0) is 13.6. The van der Waals surface area contributed by atoms with E-state index in [2.05, 4.69) is 67.9 Å². The van der Waals surface area contributed by atoms with Crippen molar-refractivity contribution in [2.24, 2.45) is 16.7 Å². The van der Waals surface area contributed by atoms with Gasteiger partial charge in [0.1, 0.15) is 5.75 Å². The first-order valence-electron chi connectivity index (χ1n) is 6.69. The second kappa shape index (κ2) is 4.56. The van der Waals surface area contributed by atoms with Crippen molar-refractivity contribution in [2.75, 3.05) is 6.61 Å². The van der Waals surface area contributed by atoms with Crippen LogP contribution < -0.4 is 4.74 Å². The van der Waals surface area contributed by atoms with Crippen molar-refractivity contribution in [3.05, 3.63) is 29.8 Å². The molecule has 1 atom stereocenters. The summed E-state index contributed by atoms with van der Waals surface area (Å²) in [7, 11) is 0. The predicted octanol–water partition coefficient (Wildman–Crippen LogP) is 5.20. The van der Waals surface area contributed by atoms with Gasteiger partial charge in [-0.1, -0.05) is 55.8 Å². The lowest BCUT2D eigenvalue weighted by Gasteiger charge is -2.13. The van der Waals surface area contributed by atoms with Crippen LogP contribution in [0.2, 0.25) is 0 Å². The van der Waals surface area contributed by atoms with E-state index in [-0.39, 0.29) is 0 Å². The standard InChI is InChI=1S/C16H23BrO/c1-6-18-12-9-7-11(8-10-12)13(17)14-15(2,3)16(14,4)5/h7-10,13-14H,6H2,1-5H3. The highest BCUT2D eigenvalue weighted by atomic mass is 79.9. The molecule has 0 spiro atoms. The third-order valence-corrected chi connectivity index (χ3v) is 5.99. The number of hydrogen-bond acceptors (Lipinski definition) is 1. The predicted molar refractivity (Wildman–Crippen MR) is 80.3 cm³/mol. The van der Waals surface area contributed by atoms with Crippen LogP contribution in [0.3, 0.4) is 0 Å². The van der Waals surface area contributed by atoms with E-state index >= 15 is 0 Å². The van der Waals surface area contributed by atoms with Crippen molar-refractivity contribution in [3.8, 4) is 5.75 Å². The topological polar surface area (TPSA) is 9.23 Å². The molecule has 1 unspecified atom stereocenters. The number of rotatable bonds is 4. The van der Waals surface area contributed by atoms with E-state index in [0.29, 0.717) is 21.6 Å². The molecule has 18 heavy (non-hydrogen) atoms. The average Bonchev–Trinajstić information content (AvgIpc) is 2.70. The Balaban J connectivity index is 2.13. The van der Waals surface area contributed by atoms with Crippen LogP contribution in [0.25, 0.3) is 0 Å². The fourth-order valence-electron chi connectivity index (χ4n) is 3.09. The first kappa shape index (κ1) is 13.9. The minimum atomic E-state index is 0.403. The molecule has 0 aromatic heterocycles. The number of ether oxygens (including phenoxy) is 1. The van der Waals surface area contributed by atoms with E-state index in [1.807, 2.05) is 6.92 Å². The normalized spacial score (nSPS) is 22.6. The van der Waals surface area contributed by atoms with Gasteiger partial charge in [0.05, 0.1) is 6.61 Å². The third kappa shape index (κ3) is 2.09. The van der Waals surface area contributed by atoms with Crippen LogP contribution in [0.4, 0.5) is 0 Å². The zero-order valence-corrected chi connectivity index (χ0v) is 13.5.